The van der Waals surface area contributed by atoms with Crippen LogP contribution >= 0.6 is 11.8 Å². The number of carboxylic acids is 1. The summed E-state index contributed by atoms with van der Waals surface area (Å²) in [5.41, 5.74) is 0. The maximum absolute atomic E-state index is 11.0. The second-order valence-electron chi connectivity index (χ2n) is 6.20. The number of hydrogen-bond acceptors (Lipinski definition) is 2. The molecule has 90 valence electrons. The highest BCUT2D eigenvalue weighted by Gasteiger charge is 2.52. The third-order valence-corrected chi connectivity index (χ3v) is 6.31. The van der Waals surface area contributed by atoms with E-state index in [9.17, 15) is 4.79 Å². The topological polar surface area (TPSA) is 37.3 Å². The zero-order chi connectivity index (χ0) is 11.3. The molecule has 4 bridgehead atoms. The molecule has 2 nitrogen and oxygen atoms in total. The molecule has 3 heteroatoms. The van der Waals surface area contributed by atoms with Crippen LogP contribution < -0.4 is 0 Å². The van der Waals surface area contributed by atoms with Crippen molar-refractivity contribution in [3.8, 4) is 0 Å². The van der Waals surface area contributed by atoms with E-state index in [1.807, 2.05) is 6.92 Å². The third kappa shape index (κ3) is 1.77. The van der Waals surface area contributed by atoms with Gasteiger partial charge in [0, 0.05) is 4.75 Å². The molecule has 1 unspecified atom stereocenters. The summed E-state index contributed by atoms with van der Waals surface area (Å²) < 4.78 is 0.340. The maximum Gasteiger partial charge on any atom is 0.316 e. The molecule has 0 aromatic carbocycles. The Morgan fingerprint density at radius 1 is 1.19 bits per heavy atom. The molecule has 4 fully saturated rings. The summed E-state index contributed by atoms with van der Waals surface area (Å²) in [7, 11) is 0. The molecule has 4 rings (SSSR count). The van der Waals surface area contributed by atoms with Crippen LogP contribution in [0.3, 0.4) is 0 Å². The van der Waals surface area contributed by atoms with Crippen LogP contribution in [0, 0.1) is 17.8 Å². The van der Waals surface area contributed by atoms with Crippen molar-refractivity contribution in [3.63, 3.8) is 0 Å². The number of hydrogen-bond donors (Lipinski definition) is 1. The average molecular weight is 240 g/mol. The number of thioether (sulfide) groups is 1. The van der Waals surface area contributed by atoms with E-state index in [0.29, 0.717) is 4.75 Å². The standard InChI is InChI=1S/C13H20O2S/c1-8(12(14)15)16-13-5-9-2-10(6-13)4-11(3-9)7-13/h8-11H,2-7H2,1H3,(H,14,15). The van der Waals surface area contributed by atoms with E-state index in [-0.39, 0.29) is 5.25 Å². The first-order valence-corrected chi connectivity index (χ1v) is 7.35. The van der Waals surface area contributed by atoms with E-state index in [0.717, 1.165) is 17.8 Å². The molecule has 1 atom stereocenters. The molecule has 4 saturated carbocycles. The molecule has 4 aliphatic rings. The molecule has 0 radical (unpaired) electrons. The van der Waals surface area contributed by atoms with Crippen molar-refractivity contribution in [2.75, 3.05) is 0 Å². The first-order chi connectivity index (χ1) is 7.56. The Kier molecular flexibility index (Phi) is 2.50. The fraction of sp³-hybridized carbons (Fsp3) is 0.923. The van der Waals surface area contributed by atoms with E-state index < -0.39 is 5.97 Å². The van der Waals surface area contributed by atoms with Crippen LogP contribution in [0.2, 0.25) is 0 Å². The summed E-state index contributed by atoms with van der Waals surface area (Å²) in [6, 6.07) is 0. The van der Waals surface area contributed by atoms with Crippen LogP contribution in [0.5, 0.6) is 0 Å². The minimum absolute atomic E-state index is 0.226. The number of carboxylic acid groups (broad SMARTS) is 1. The van der Waals surface area contributed by atoms with Gasteiger partial charge in [0.25, 0.3) is 0 Å². The van der Waals surface area contributed by atoms with Gasteiger partial charge in [-0.1, -0.05) is 0 Å². The molecular weight excluding hydrogens is 220 g/mol. The molecule has 4 aliphatic carbocycles. The number of rotatable bonds is 3. The van der Waals surface area contributed by atoms with Crippen molar-refractivity contribution >= 4 is 17.7 Å². The Labute approximate surface area is 101 Å². The van der Waals surface area contributed by atoms with Crippen molar-refractivity contribution in [3.05, 3.63) is 0 Å². The summed E-state index contributed by atoms with van der Waals surface area (Å²) in [6.07, 6.45) is 8.17. The van der Waals surface area contributed by atoms with Crippen molar-refractivity contribution in [2.45, 2.75) is 55.4 Å². The van der Waals surface area contributed by atoms with Crippen molar-refractivity contribution in [1.29, 1.82) is 0 Å². The zero-order valence-electron chi connectivity index (χ0n) is 9.82. The van der Waals surface area contributed by atoms with E-state index in [1.165, 1.54) is 38.5 Å². The molecule has 0 heterocycles. The quantitative estimate of drug-likeness (QED) is 0.823. The first-order valence-electron chi connectivity index (χ1n) is 6.47. The van der Waals surface area contributed by atoms with Crippen molar-refractivity contribution < 1.29 is 9.90 Å². The fourth-order valence-electron chi connectivity index (χ4n) is 4.60. The normalized spacial score (nSPS) is 46.9. The largest absolute Gasteiger partial charge is 0.480 e. The predicted molar refractivity (Wildman–Crippen MR) is 65.6 cm³/mol. The van der Waals surface area contributed by atoms with Gasteiger partial charge >= 0.3 is 5.97 Å². The lowest BCUT2D eigenvalue weighted by Gasteiger charge is -2.56. The Morgan fingerprint density at radius 2 is 1.62 bits per heavy atom. The minimum Gasteiger partial charge on any atom is -0.480 e. The lowest BCUT2D eigenvalue weighted by Crippen LogP contribution is -2.49. The second kappa shape index (κ2) is 3.66. The van der Waals surface area contributed by atoms with E-state index in [2.05, 4.69) is 0 Å². The van der Waals surface area contributed by atoms with E-state index in [4.69, 9.17) is 5.11 Å². The highest BCUT2D eigenvalue weighted by molar-refractivity contribution is 8.01. The lowest BCUT2D eigenvalue weighted by molar-refractivity contribution is -0.136. The average Bonchev–Trinajstić information content (AvgIpc) is 2.13. The molecular formula is C13H20O2S. The van der Waals surface area contributed by atoms with Crippen LogP contribution in [0.1, 0.15) is 45.4 Å². The molecule has 0 saturated heterocycles. The molecule has 0 aromatic heterocycles. The highest BCUT2D eigenvalue weighted by Crippen LogP contribution is 2.61. The predicted octanol–water partition coefficient (Wildman–Crippen LogP) is 3.16. The van der Waals surface area contributed by atoms with E-state index >= 15 is 0 Å². The molecule has 16 heavy (non-hydrogen) atoms. The smallest absolute Gasteiger partial charge is 0.316 e. The Hall–Kier alpha value is -0.180. The summed E-state index contributed by atoms with van der Waals surface area (Å²) >= 11 is 1.77. The van der Waals surface area contributed by atoms with Crippen molar-refractivity contribution in [2.24, 2.45) is 17.8 Å². The molecule has 0 amide bonds. The highest BCUT2D eigenvalue weighted by atomic mass is 32.2. The van der Waals surface area contributed by atoms with Gasteiger partial charge in [0.15, 0.2) is 0 Å². The molecule has 0 aromatic rings. The second-order valence-corrected chi connectivity index (χ2v) is 8.01. The van der Waals surface area contributed by atoms with Gasteiger partial charge in [-0.05, 0) is 63.2 Å². The lowest BCUT2D eigenvalue weighted by atomic mass is 9.56. The Morgan fingerprint density at radius 3 is 2.00 bits per heavy atom. The van der Waals surface area contributed by atoms with Crippen LogP contribution in [0.25, 0.3) is 0 Å². The molecule has 1 N–H and O–H groups in total. The van der Waals surface area contributed by atoms with Crippen LogP contribution in [0.15, 0.2) is 0 Å². The van der Waals surface area contributed by atoms with Gasteiger partial charge in [-0.3, -0.25) is 4.79 Å². The van der Waals surface area contributed by atoms with Gasteiger partial charge < -0.3 is 5.11 Å². The summed E-state index contributed by atoms with van der Waals surface area (Å²) in [5.74, 6) is 2.11. The van der Waals surface area contributed by atoms with Gasteiger partial charge in [0.1, 0.15) is 0 Å². The molecule has 0 spiro atoms. The van der Waals surface area contributed by atoms with Crippen LogP contribution in [-0.2, 0) is 4.79 Å². The van der Waals surface area contributed by atoms with E-state index in [1.54, 1.807) is 11.8 Å². The summed E-state index contributed by atoms with van der Waals surface area (Å²) in [5, 5.41) is 8.84. The number of aliphatic carboxylic acids is 1. The van der Waals surface area contributed by atoms with Gasteiger partial charge in [0.2, 0.25) is 0 Å². The Balaban J connectivity index is 1.76. The fourth-order valence-corrected chi connectivity index (χ4v) is 6.45. The molecule has 0 aliphatic heterocycles. The SMILES string of the molecule is CC(SC12CC3CC(CC(C3)C1)C2)C(=O)O. The van der Waals surface area contributed by atoms with Gasteiger partial charge in [-0.25, -0.2) is 0 Å². The summed E-state index contributed by atoms with van der Waals surface area (Å²) in [4.78, 5) is 11.0. The Bertz CT molecular complexity index is 278. The first kappa shape index (κ1) is 10.9. The summed E-state index contributed by atoms with van der Waals surface area (Å²) in [6.45, 7) is 1.85. The zero-order valence-corrected chi connectivity index (χ0v) is 10.6. The minimum atomic E-state index is -0.638. The van der Waals surface area contributed by atoms with Gasteiger partial charge in [-0.15, -0.1) is 11.8 Å². The number of carbonyl (C=O) groups is 1. The van der Waals surface area contributed by atoms with Gasteiger partial charge in [0.05, 0.1) is 5.25 Å². The van der Waals surface area contributed by atoms with Crippen LogP contribution in [0.4, 0.5) is 0 Å². The monoisotopic (exact) mass is 240 g/mol. The maximum atomic E-state index is 11.0. The van der Waals surface area contributed by atoms with Crippen LogP contribution in [-0.4, -0.2) is 21.1 Å². The third-order valence-electron chi connectivity index (χ3n) is 4.76. The van der Waals surface area contributed by atoms with Crippen molar-refractivity contribution in [1.82, 2.24) is 0 Å². The van der Waals surface area contributed by atoms with Gasteiger partial charge in [-0.2, -0.15) is 0 Å².